The molecule has 0 aromatic heterocycles. The van der Waals surface area contributed by atoms with Crippen LogP contribution in [0.3, 0.4) is 0 Å². The molecule has 0 aromatic carbocycles. The van der Waals surface area contributed by atoms with Gasteiger partial charge in [0.2, 0.25) is 0 Å². The standard InChI is InChI=1S/C10H18N2O/c1-8-10(13-8)12-9-6-4-2-3-5-7-11-9/h8,10H,2-7H2,1H3,(H,11,12). The second-order valence-electron chi connectivity index (χ2n) is 3.90. The summed E-state index contributed by atoms with van der Waals surface area (Å²) in [6, 6.07) is 0. The molecule has 3 nitrogen and oxygen atoms in total. The zero-order valence-electron chi connectivity index (χ0n) is 8.25. The fourth-order valence-electron chi connectivity index (χ4n) is 1.67. The first-order chi connectivity index (χ1) is 6.36. The first kappa shape index (κ1) is 9.00. The lowest BCUT2D eigenvalue weighted by Gasteiger charge is -2.10. The highest BCUT2D eigenvalue weighted by molar-refractivity contribution is 5.82. The van der Waals surface area contributed by atoms with E-state index in [4.69, 9.17) is 4.74 Å². The number of hydrogen-bond donors (Lipinski definition) is 1. The van der Waals surface area contributed by atoms with E-state index in [-0.39, 0.29) is 6.23 Å². The van der Waals surface area contributed by atoms with Crippen molar-refractivity contribution < 1.29 is 4.74 Å². The van der Waals surface area contributed by atoms with Gasteiger partial charge in [-0.05, 0) is 19.8 Å². The van der Waals surface area contributed by atoms with Crippen LogP contribution in [0.25, 0.3) is 0 Å². The number of amidine groups is 1. The van der Waals surface area contributed by atoms with Gasteiger partial charge in [-0.1, -0.05) is 12.8 Å². The number of rotatable bonds is 1. The van der Waals surface area contributed by atoms with E-state index in [2.05, 4.69) is 17.2 Å². The van der Waals surface area contributed by atoms with E-state index in [9.17, 15) is 0 Å². The van der Waals surface area contributed by atoms with Crippen LogP contribution >= 0.6 is 0 Å². The summed E-state index contributed by atoms with van der Waals surface area (Å²) in [4.78, 5) is 4.52. The zero-order valence-corrected chi connectivity index (χ0v) is 8.25. The Labute approximate surface area is 79.6 Å². The van der Waals surface area contributed by atoms with Crippen LogP contribution in [-0.4, -0.2) is 24.7 Å². The van der Waals surface area contributed by atoms with Crippen LogP contribution in [0.15, 0.2) is 4.99 Å². The van der Waals surface area contributed by atoms with Gasteiger partial charge in [0.25, 0.3) is 0 Å². The fourth-order valence-corrected chi connectivity index (χ4v) is 1.67. The van der Waals surface area contributed by atoms with E-state index in [1.54, 1.807) is 0 Å². The van der Waals surface area contributed by atoms with Crippen molar-refractivity contribution >= 4 is 5.84 Å². The number of epoxide rings is 1. The van der Waals surface area contributed by atoms with Gasteiger partial charge in [-0.15, -0.1) is 0 Å². The summed E-state index contributed by atoms with van der Waals surface area (Å²) in [5.41, 5.74) is 0. The number of nitrogens with one attached hydrogen (secondary N) is 1. The van der Waals surface area contributed by atoms with E-state index in [1.165, 1.54) is 25.7 Å². The van der Waals surface area contributed by atoms with E-state index in [0.29, 0.717) is 6.10 Å². The van der Waals surface area contributed by atoms with Gasteiger partial charge in [-0.2, -0.15) is 0 Å². The minimum absolute atomic E-state index is 0.248. The molecular formula is C10H18N2O. The van der Waals surface area contributed by atoms with Gasteiger partial charge in [-0.3, -0.25) is 4.99 Å². The van der Waals surface area contributed by atoms with Gasteiger partial charge in [0.05, 0.1) is 5.84 Å². The molecule has 2 aliphatic rings. The van der Waals surface area contributed by atoms with Gasteiger partial charge in [0.1, 0.15) is 6.10 Å². The highest BCUT2D eigenvalue weighted by atomic mass is 16.6. The maximum absolute atomic E-state index is 5.30. The van der Waals surface area contributed by atoms with Gasteiger partial charge in [0, 0.05) is 13.0 Å². The van der Waals surface area contributed by atoms with Crippen molar-refractivity contribution in [1.82, 2.24) is 5.32 Å². The third-order valence-electron chi connectivity index (χ3n) is 2.64. The van der Waals surface area contributed by atoms with Crippen LogP contribution < -0.4 is 5.32 Å². The Bertz CT molecular complexity index is 203. The highest BCUT2D eigenvalue weighted by Gasteiger charge is 2.34. The van der Waals surface area contributed by atoms with Gasteiger partial charge >= 0.3 is 0 Å². The summed E-state index contributed by atoms with van der Waals surface area (Å²) >= 11 is 0. The number of hydrogen-bond acceptors (Lipinski definition) is 3. The molecule has 3 heteroatoms. The van der Waals surface area contributed by atoms with Crippen LogP contribution in [-0.2, 0) is 4.74 Å². The smallest absolute Gasteiger partial charge is 0.155 e. The summed E-state index contributed by atoms with van der Waals surface area (Å²) in [6.45, 7) is 3.07. The van der Waals surface area contributed by atoms with Gasteiger partial charge in [-0.25, -0.2) is 0 Å². The summed E-state index contributed by atoms with van der Waals surface area (Å²) in [5, 5.41) is 3.34. The first-order valence-electron chi connectivity index (χ1n) is 5.31. The lowest BCUT2D eigenvalue weighted by atomic mass is 10.1. The normalized spacial score (nSPS) is 34.4. The average molecular weight is 182 g/mol. The summed E-state index contributed by atoms with van der Waals surface area (Å²) in [5.74, 6) is 1.16. The molecule has 0 amide bonds. The lowest BCUT2D eigenvalue weighted by Crippen LogP contribution is -2.28. The van der Waals surface area contributed by atoms with Crippen LogP contribution in [0.2, 0.25) is 0 Å². The average Bonchev–Trinajstić information content (AvgIpc) is 2.72. The number of nitrogens with zero attached hydrogens (tertiary/aromatic N) is 1. The molecule has 0 saturated carbocycles. The summed E-state index contributed by atoms with van der Waals surface area (Å²) in [6.07, 6.45) is 6.94. The predicted octanol–water partition coefficient (Wildman–Crippen LogP) is 1.68. The monoisotopic (exact) mass is 182 g/mol. The maximum Gasteiger partial charge on any atom is 0.155 e. The highest BCUT2D eigenvalue weighted by Crippen LogP contribution is 2.18. The molecule has 0 radical (unpaired) electrons. The van der Waals surface area contributed by atoms with Crippen molar-refractivity contribution in [2.45, 2.75) is 51.4 Å². The minimum atomic E-state index is 0.248. The van der Waals surface area contributed by atoms with E-state index in [0.717, 1.165) is 18.8 Å². The van der Waals surface area contributed by atoms with Crippen molar-refractivity contribution in [2.75, 3.05) is 6.54 Å². The Balaban J connectivity index is 1.80. The molecule has 2 atom stereocenters. The van der Waals surface area contributed by atoms with E-state index >= 15 is 0 Å². The van der Waals surface area contributed by atoms with Gasteiger partial charge < -0.3 is 10.1 Å². The molecule has 1 saturated heterocycles. The SMILES string of the molecule is CC1OC1NC1=NCCCCCC1. The Kier molecular flexibility index (Phi) is 2.83. The van der Waals surface area contributed by atoms with Crippen LogP contribution in [0.4, 0.5) is 0 Å². The second-order valence-corrected chi connectivity index (χ2v) is 3.90. The lowest BCUT2D eigenvalue weighted by molar-refractivity contribution is 0.369. The maximum atomic E-state index is 5.30. The van der Waals surface area contributed by atoms with Crippen molar-refractivity contribution in [3.05, 3.63) is 0 Å². The van der Waals surface area contributed by atoms with Crippen molar-refractivity contribution in [3.8, 4) is 0 Å². The molecule has 0 aliphatic carbocycles. The molecule has 0 bridgehead atoms. The molecule has 74 valence electrons. The molecule has 2 heterocycles. The van der Waals surface area contributed by atoms with Gasteiger partial charge in [0.15, 0.2) is 6.23 Å². The third-order valence-corrected chi connectivity index (χ3v) is 2.64. The molecule has 0 spiro atoms. The van der Waals surface area contributed by atoms with Crippen molar-refractivity contribution in [3.63, 3.8) is 0 Å². The molecule has 1 N–H and O–H groups in total. The minimum Gasteiger partial charge on any atom is -0.348 e. The van der Waals surface area contributed by atoms with Crippen molar-refractivity contribution in [2.24, 2.45) is 4.99 Å². The zero-order chi connectivity index (χ0) is 9.10. The molecule has 0 aromatic rings. The predicted molar refractivity (Wildman–Crippen MR) is 52.9 cm³/mol. The summed E-state index contributed by atoms with van der Waals surface area (Å²) in [7, 11) is 0. The fraction of sp³-hybridized carbons (Fsp3) is 0.900. The van der Waals surface area contributed by atoms with E-state index < -0.39 is 0 Å². The molecule has 13 heavy (non-hydrogen) atoms. The van der Waals surface area contributed by atoms with Crippen LogP contribution in [0.5, 0.6) is 0 Å². The molecular weight excluding hydrogens is 164 g/mol. The Morgan fingerprint density at radius 1 is 1.31 bits per heavy atom. The number of ether oxygens (including phenoxy) is 1. The Hall–Kier alpha value is -0.570. The summed E-state index contributed by atoms with van der Waals surface area (Å²) < 4.78 is 5.30. The van der Waals surface area contributed by atoms with E-state index in [1.807, 2.05) is 0 Å². The second kappa shape index (κ2) is 4.09. The molecule has 2 unspecified atom stereocenters. The number of aliphatic imine (C=N–C) groups is 1. The molecule has 2 aliphatic heterocycles. The Morgan fingerprint density at radius 2 is 2.08 bits per heavy atom. The largest absolute Gasteiger partial charge is 0.348 e. The Morgan fingerprint density at radius 3 is 2.85 bits per heavy atom. The molecule has 2 rings (SSSR count). The van der Waals surface area contributed by atoms with Crippen LogP contribution in [0.1, 0.15) is 39.0 Å². The molecule has 1 fully saturated rings. The van der Waals surface area contributed by atoms with Crippen molar-refractivity contribution in [1.29, 1.82) is 0 Å². The quantitative estimate of drug-likeness (QED) is 0.626. The first-order valence-corrected chi connectivity index (χ1v) is 5.31. The third kappa shape index (κ3) is 2.69. The topological polar surface area (TPSA) is 36.9 Å². The van der Waals surface area contributed by atoms with Crippen LogP contribution in [0, 0.1) is 0 Å².